The fourth-order valence-electron chi connectivity index (χ4n) is 3.35. The minimum atomic E-state index is 0.565. The highest BCUT2D eigenvalue weighted by atomic mass is 16.5. The second kappa shape index (κ2) is 17.6. The van der Waals surface area contributed by atoms with Crippen molar-refractivity contribution in [2.45, 2.75) is 0 Å². The minimum absolute atomic E-state index is 0.565. The lowest BCUT2D eigenvalue weighted by atomic mass is 10.1. The molecule has 196 valence electrons. The van der Waals surface area contributed by atoms with Gasteiger partial charge in [-0.15, -0.1) is 0 Å². The SMILES string of the molecule is C=C=C(OC(=C=C)c1ccccc1)c1ccccc1.C=C=C(OC(=C=C)c1ccccc1)c1ccccc1.C=O. The number of carbonyl (C=O) groups is 1. The zero-order valence-electron chi connectivity index (χ0n) is 22.3. The summed E-state index contributed by atoms with van der Waals surface area (Å²) in [5, 5.41) is 0. The van der Waals surface area contributed by atoms with E-state index in [4.69, 9.17) is 14.3 Å². The molecule has 0 unspecified atom stereocenters. The summed E-state index contributed by atoms with van der Waals surface area (Å²) in [4.78, 5) is 8.00. The fourth-order valence-corrected chi connectivity index (χ4v) is 3.35. The summed E-state index contributed by atoms with van der Waals surface area (Å²) in [5.41, 5.74) is 14.9. The number of hydrogen-bond acceptors (Lipinski definition) is 3. The van der Waals surface area contributed by atoms with Gasteiger partial charge in [-0.3, -0.25) is 0 Å². The molecule has 0 spiro atoms. The Morgan fingerprint density at radius 2 is 0.550 bits per heavy atom. The van der Waals surface area contributed by atoms with Gasteiger partial charge in [0.15, 0.2) is 23.0 Å². The predicted molar refractivity (Wildman–Crippen MR) is 165 cm³/mol. The second-order valence-corrected chi connectivity index (χ2v) is 7.69. The van der Waals surface area contributed by atoms with E-state index < -0.39 is 0 Å². The van der Waals surface area contributed by atoms with Crippen LogP contribution in [0.15, 0.2) is 171 Å². The smallest absolute Gasteiger partial charge is 0.177 e. The van der Waals surface area contributed by atoms with Crippen LogP contribution in [0.4, 0.5) is 0 Å². The molecule has 3 nitrogen and oxygen atoms in total. The van der Waals surface area contributed by atoms with Crippen LogP contribution in [0, 0.1) is 0 Å². The van der Waals surface area contributed by atoms with Crippen LogP contribution in [-0.2, 0) is 14.3 Å². The quantitative estimate of drug-likeness (QED) is 0.171. The van der Waals surface area contributed by atoms with Gasteiger partial charge < -0.3 is 14.3 Å². The fraction of sp³-hybridized carbons (Fsp3) is 0. The zero-order valence-corrected chi connectivity index (χ0v) is 22.3. The van der Waals surface area contributed by atoms with E-state index in [2.05, 4.69) is 49.2 Å². The normalized spacial score (nSPS) is 8.70. The van der Waals surface area contributed by atoms with Crippen LogP contribution in [0.5, 0.6) is 0 Å². The van der Waals surface area contributed by atoms with Crippen molar-refractivity contribution in [2.75, 3.05) is 0 Å². The summed E-state index contributed by atoms with van der Waals surface area (Å²) < 4.78 is 11.6. The van der Waals surface area contributed by atoms with Gasteiger partial charge in [0.05, 0.1) is 0 Å². The van der Waals surface area contributed by atoms with Gasteiger partial charge in [-0.25, -0.2) is 0 Å². The zero-order chi connectivity index (χ0) is 29.0. The molecule has 0 aliphatic rings. The monoisotopic (exact) mass is 522 g/mol. The van der Waals surface area contributed by atoms with Gasteiger partial charge in [0.25, 0.3) is 0 Å². The molecule has 0 atom stereocenters. The van der Waals surface area contributed by atoms with Crippen LogP contribution < -0.4 is 0 Å². The average Bonchev–Trinajstić information content (AvgIpc) is 3.05. The third-order valence-electron chi connectivity index (χ3n) is 5.19. The molecule has 0 amide bonds. The van der Waals surface area contributed by atoms with Crippen molar-refractivity contribution in [3.8, 4) is 0 Å². The molecule has 4 rings (SSSR count). The lowest BCUT2D eigenvalue weighted by Gasteiger charge is -2.10. The minimum Gasteiger partial charge on any atom is -0.440 e. The Hall–Kier alpha value is -5.77. The highest BCUT2D eigenvalue weighted by molar-refractivity contribution is 5.70. The highest BCUT2D eigenvalue weighted by Gasteiger charge is 2.08. The van der Waals surface area contributed by atoms with Gasteiger partial charge in [-0.05, 0) is 0 Å². The van der Waals surface area contributed by atoms with Crippen LogP contribution in [-0.4, -0.2) is 6.79 Å². The molecule has 0 fully saturated rings. The van der Waals surface area contributed by atoms with E-state index in [-0.39, 0.29) is 0 Å². The molecule has 3 heteroatoms. The Morgan fingerprint density at radius 1 is 0.375 bits per heavy atom. The van der Waals surface area contributed by atoms with Crippen molar-refractivity contribution in [1.82, 2.24) is 0 Å². The van der Waals surface area contributed by atoms with Crippen molar-refractivity contribution >= 4 is 29.8 Å². The van der Waals surface area contributed by atoms with Gasteiger partial charge >= 0.3 is 0 Å². The first kappa shape index (κ1) is 30.5. The standard InChI is InChI=1S/2C18H14O.CH2O/c2*1-3-17(15-11-7-5-8-12-15)19-18(4-2)16-13-9-6-10-14-16;1-2/h2*5-14H,1-2H2;1H2. The predicted octanol–water partition coefficient (Wildman–Crippen LogP) is 9.13. The van der Waals surface area contributed by atoms with E-state index >= 15 is 0 Å². The van der Waals surface area contributed by atoms with Gasteiger partial charge in [0.1, 0.15) is 6.79 Å². The lowest BCUT2D eigenvalue weighted by molar-refractivity contribution is -0.0980. The van der Waals surface area contributed by atoms with Crippen LogP contribution in [0.2, 0.25) is 0 Å². The Morgan fingerprint density at radius 3 is 0.700 bits per heavy atom. The Bertz CT molecular complexity index is 1300. The van der Waals surface area contributed by atoms with Gasteiger partial charge in [-0.2, -0.15) is 0 Å². The van der Waals surface area contributed by atoms with E-state index in [1.807, 2.05) is 128 Å². The van der Waals surface area contributed by atoms with Crippen molar-refractivity contribution in [1.29, 1.82) is 0 Å². The van der Waals surface area contributed by atoms with E-state index in [1.54, 1.807) is 0 Å². The molecule has 4 aromatic rings. The molecule has 4 aromatic carbocycles. The molecule has 0 saturated heterocycles. The Labute approximate surface area is 236 Å². The maximum absolute atomic E-state index is 8.00. The average molecular weight is 523 g/mol. The van der Waals surface area contributed by atoms with Crippen molar-refractivity contribution < 1.29 is 14.3 Å². The third kappa shape index (κ3) is 9.27. The summed E-state index contributed by atoms with van der Waals surface area (Å²) in [6.45, 7) is 16.7. The van der Waals surface area contributed by atoms with Gasteiger partial charge in [0, 0.05) is 22.3 Å². The molecule has 0 saturated carbocycles. The van der Waals surface area contributed by atoms with Crippen LogP contribution in [0.1, 0.15) is 22.3 Å². The van der Waals surface area contributed by atoms with Gasteiger partial charge in [-0.1, -0.05) is 171 Å². The molecule has 0 bridgehead atoms. The van der Waals surface area contributed by atoms with Crippen molar-refractivity contribution in [3.63, 3.8) is 0 Å². The third-order valence-corrected chi connectivity index (χ3v) is 5.19. The van der Waals surface area contributed by atoms with E-state index in [9.17, 15) is 0 Å². The second-order valence-electron chi connectivity index (χ2n) is 7.69. The van der Waals surface area contributed by atoms with Gasteiger partial charge in [0.2, 0.25) is 0 Å². The number of hydrogen-bond donors (Lipinski definition) is 0. The van der Waals surface area contributed by atoms with E-state index in [0.29, 0.717) is 23.0 Å². The highest BCUT2D eigenvalue weighted by Crippen LogP contribution is 2.24. The molecule has 40 heavy (non-hydrogen) atoms. The molecule has 0 aromatic heterocycles. The molecule has 0 radical (unpaired) electrons. The van der Waals surface area contributed by atoms with E-state index in [1.165, 1.54) is 0 Å². The molecule has 0 N–H and O–H groups in total. The largest absolute Gasteiger partial charge is 0.440 e. The topological polar surface area (TPSA) is 35.5 Å². The van der Waals surface area contributed by atoms with Crippen LogP contribution in [0.3, 0.4) is 0 Å². The molecule has 0 aliphatic heterocycles. The summed E-state index contributed by atoms with van der Waals surface area (Å²) in [6, 6.07) is 38.9. The first-order valence-corrected chi connectivity index (χ1v) is 12.2. The van der Waals surface area contributed by atoms with E-state index in [0.717, 1.165) is 22.3 Å². The van der Waals surface area contributed by atoms with Crippen LogP contribution in [0.25, 0.3) is 23.0 Å². The maximum atomic E-state index is 8.00. The van der Waals surface area contributed by atoms with Crippen molar-refractivity contribution in [3.05, 3.63) is 193 Å². The maximum Gasteiger partial charge on any atom is 0.177 e. The Kier molecular flexibility index (Phi) is 13.4. The number of benzene rings is 4. The number of rotatable bonds is 8. The summed E-state index contributed by atoms with van der Waals surface area (Å²) >= 11 is 0. The molecule has 0 aliphatic carbocycles. The first-order valence-electron chi connectivity index (χ1n) is 12.2. The van der Waals surface area contributed by atoms with Crippen LogP contribution >= 0.6 is 0 Å². The molecular formula is C37H30O3. The Balaban J connectivity index is 0.000000264. The summed E-state index contributed by atoms with van der Waals surface area (Å²) in [6.07, 6.45) is 0. The molecule has 0 heterocycles. The summed E-state index contributed by atoms with van der Waals surface area (Å²) in [7, 11) is 0. The first-order chi connectivity index (χ1) is 19.7. The number of ether oxygens (including phenoxy) is 2. The molecular weight excluding hydrogens is 492 g/mol. The number of carbonyl (C=O) groups excluding carboxylic acids is 1. The van der Waals surface area contributed by atoms with Crippen molar-refractivity contribution in [2.24, 2.45) is 0 Å². The lowest BCUT2D eigenvalue weighted by Crippen LogP contribution is -1.91. The summed E-state index contributed by atoms with van der Waals surface area (Å²) in [5.74, 6) is 2.26.